The highest BCUT2D eigenvalue weighted by Crippen LogP contribution is 2.27. The molecular formula is C17H21BrN6O5S. The van der Waals surface area contributed by atoms with E-state index < -0.39 is 27.4 Å². The van der Waals surface area contributed by atoms with Crippen LogP contribution in [-0.2, 0) is 19.7 Å². The number of hydrogen-bond donors (Lipinski definition) is 5. The fourth-order valence-electron chi connectivity index (χ4n) is 2.66. The van der Waals surface area contributed by atoms with Crippen molar-refractivity contribution >= 4 is 43.5 Å². The number of benzene rings is 1. The average Bonchev–Trinajstić information content (AvgIpc) is 2.63. The molecule has 1 atom stereocenters. The SMILES string of the molecule is Cc1cc(C(CCON=C(N)N)C(N)=O)c(NS(=O)(=O)c2cccc(Br)c2)c(=O)[nH]1. The quantitative estimate of drug-likeness (QED) is 0.142. The van der Waals surface area contributed by atoms with E-state index in [1.165, 1.54) is 24.3 Å². The van der Waals surface area contributed by atoms with Gasteiger partial charge in [-0.05, 0) is 48.3 Å². The topological polar surface area (TPSA) is 196 Å². The number of aryl methyl sites for hydroxylation is 1. The van der Waals surface area contributed by atoms with Crippen molar-refractivity contribution in [3.8, 4) is 0 Å². The van der Waals surface area contributed by atoms with Gasteiger partial charge in [-0.1, -0.05) is 22.0 Å². The Bertz CT molecular complexity index is 1130. The zero-order valence-corrected chi connectivity index (χ0v) is 18.3. The highest BCUT2D eigenvalue weighted by molar-refractivity contribution is 9.10. The predicted molar refractivity (Wildman–Crippen MR) is 115 cm³/mol. The molecule has 0 aliphatic heterocycles. The summed E-state index contributed by atoms with van der Waals surface area (Å²) in [5.41, 5.74) is 15.3. The molecule has 0 spiro atoms. The average molecular weight is 501 g/mol. The Kier molecular flexibility index (Phi) is 7.45. The van der Waals surface area contributed by atoms with Crippen LogP contribution in [0.3, 0.4) is 0 Å². The summed E-state index contributed by atoms with van der Waals surface area (Å²) in [5.74, 6) is -2.13. The Balaban J connectivity index is 2.46. The van der Waals surface area contributed by atoms with Crippen LogP contribution in [0.1, 0.15) is 23.6 Å². The number of halogens is 1. The van der Waals surface area contributed by atoms with E-state index in [4.69, 9.17) is 22.0 Å². The number of sulfonamides is 1. The lowest BCUT2D eigenvalue weighted by Gasteiger charge is -2.18. The number of hydrogen-bond acceptors (Lipinski definition) is 6. The van der Waals surface area contributed by atoms with E-state index in [-0.39, 0.29) is 35.1 Å². The molecule has 0 saturated heterocycles. The maximum atomic E-state index is 12.8. The Hall–Kier alpha value is -3.06. The van der Waals surface area contributed by atoms with Crippen molar-refractivity contribution in [3.63, 3.8) is 0 Å². The van der Waals surface area contributed by atoms with Gasteiger partial charge < -0.3 is 27.0 Å². The first-order chi connectivity index (χ1) is 14.0. The molecular weight excluding hydrogens is 480 g/mol. The Morgan fingerprint density at radius 1 is 1.30 bits per heavy atom. The molecule has 162 valence electrons. The minimum absolute atomic E-state index is 0.000615. The molecule has 1 aromatic carbocycles. The van der Waals surface area contributed by atoms with E-state index in [0.29, 0.717) is 10.2 Å². The molecule has 0 aliphatic carbocycles. The maximum absolute atomic E-state index is 12.8. The molecule has 2 aromatic rings. The number of carbonyl (C=O) groups is 1. The number of guanidine groups is 1. The van der Waals surface area contributed by atoms with Crippen molar-refractivity contribution in [3.05, 3.63) is 56.4 Å². The Morgan fingerprint density at radius 3 is 2.60 bits per heavy atom. The van der Waals surface area contributed by atoms with E-state index in [9.17, 15) is 18.0 Å². The Labute approximate surface area is 180 Å². The predicted octanol–water partition coefficient (Wildman–Crippen LogP) is 0.411. The first-order valence-electron chi connectivity index (χ1n) is 8.53. The van der Waals surface area contributed by atoms with Gasteiger partial charge in [0.1, 0.15) is 12.3 Å². The lowest BCUT2D eigenvalue weighted by atomic mass is 9.94. The lowest BCUT2D eigenvalue weighted by molar-refractivity contribution is -0.119. The molecule has 0 radical (unpaired) electrons. The van der Waals surface area contributed by atoms with Gasteiger partial charge >= 0.3 is 0 Å². The van der Waals surface area contributed by atoms with Crippen LogP contribution >= 0.6 is 15.9 Å². The van der Waals surface area contributed by atoms with Gasteiger partial charge in [-0.3, -0.25) is 14.3 Å². The van der Waals surface area contributed by atoms with Gasteiger partial charge in [-0.15, -0.1) is 0 Å². The van der Waals surface area contributed by atoms with E-state index in [0.717, 1.165) is 0 Å². The second-order valence-electron chi connectivity index (χ2n) is 6.27. The minimum atomic E-state index is -4.13. The van der Waals surface area contributed by atoms with Gasteiger partial charge in [0.05, 0.1) is 10.8 Å². The second kappa shape index (κ2) is 9.63. The molecule has 0 saturated carbocycles. The van der Waals surface area contributed by atoms with E-state index in [1.807, 2.05) is 0 Å². The monoisotopic (exact) mass is 500 g/mol. The van der Waals surface area contributed by atoms with Gasteiger partial charge in [0.2, 0.25) is 11.9 Å². The maximum Gasteiger partial charge on any atom is 0.272 e. The smallest absolute Gasteiger partial charge is 0.272 e. The number of H-pyrrole nitrogens is 1. The van der Waals surface area contributed by atoms with E-state index >= 15 is 0 Å². The molecule has 1 unspecified atom stereocenters. The number of primary amides is 1. The van der Waals surface area contributed by atoms with Crippen molar-refractivity contribution in [2.75, 3.05) is 11.3 Å². The highest BCUT2D eigenvalue weighted by atomic mass is 79.9. The van der Waals surface area contributed by atoms with Crippen LogP contribution in [0.4, 0.5) is 5.69 Å². The number of aromatic nitrogens is 1. The minimum Gasteiger partial charge on any atom is -0.393 e. The van der Waals surface area contributed by atoms with Crippen LogP contribution in [0, 0.1) is 6.92 Å². The van der Waals surface area contributed by atoms with Gasteiger partial charge in [-0.25, -0.2) is 8.42 Å². The van der Waals surface area contributed by atoms with Gasteiger partial charge in [0.25, 0.3) is 15.6 Å². The number of amides is 1. The van der Waals surface area contributed by atoms with Crippen LogP contribution in [-0.4, -0.2) is 31.9 Å². The van der Waals surface area contributed by atoms with Crippen LogP contribution in [0.15, 0.2) is 49.7 Å². The third kappa shape index (κ3) is 5.97. The normalized spacial score (nSPS) is 12.1. The summed E-state index contributed by atoms with van der Waals surface area (Å²) in [4.78, 5) is 31.9. The summed E-state index contributed by atoms with van der Waals surface area (Å²) in [7, 11) is -4.13. The summed E-state index contributed by atoms with van der Waals surface area (Å²) in [6.45, 7) is 1.49. The van der Waals surface area contributed by atoms with E-state index in [1.54, 1.807) is 13.0 Å². The fourth-order valence-corrected chi connectivity index (χ4v) is 4.35. The first-order valence-corrected chi connectivity index (χ1v) is 10.8. The first kappa shape index (κ1) is 23.2. The number of anilines is 1. The summed E-state index contributed by atoms with van der Waals surface area (Å²) in [6, 6.07) is 7.40. The summed E-state index contributed by atoms with van der Waals surface area (Å²) < 4.78 is 28.4. The number of rotatable bonds is 9. The van der Waals surface area contributed by atoms with E-state index in [2.05, 4.69) is 30.8 Å². The van der Waals surface area contributed by atoms with Crippen LogP contribution in [0.25, 0.3) is 0 Å². The zero-order chi connectivity index (χ0) is 22.5. The molecule has 8 N–H and O–H groups in total. The number of nitrogens with two attached hydrogens (primary N) is 3. The number of aromatic amines is 1. The summed E-state index contributed by atoms with van der Waals surface area (Å²) in [5, 5.41) is 3.35. The summed E-state index contributed by atoms with van der Waals surface area (Å²) in [6.07, 6.45) is 0.000615. The lowest BCUT2D eigenvalue weighted by Crippen LogP contribution is -2.29. The van der Waals surface area contributed by atoms with Crippen LogP contribution < -0.4 is 27.5 Å². The third-order valence-corrected chi connectivity index (χ3v) is 5.77. The number of oxime groups is 1. The Morgan fingerprint density at radius 2 is 2.00 bits per heavy atom. The zero-order valence-electron chi connectivity index (χ0n) is 15.9. The van der Waals surface area contributed by atoms with Crippen LogP contribution in [0.2, 0.25) is 0 Å². The molecule has 0 bridgehead atoms. The largest absolute Gasteiger partial charge is 0.393 e. The summed E-state index contributed by atoms with van der Waals surface area (Å²) >= 11 is 3.20. The molecule has 30 heavy (non-hydrogen) atoms. The van der Waals surface area contributed by atoms with Crippen molar-refractivity contribution in [2.45, 2.75) is 24.2 Å². The standard InChI is InChI=1S/C17H21BrN6O5S/c1-9-7-13(12(15(19)25)5-6-29-23-17(20)21)14(16(26)22-9)24-30(27,28)11-4-2-3-10(18)8-11/h2-4,7-8,12,24H,5-6H2,1H3,(H2,19,25)(H,22,26)(H4,20,21,23). The molecule has 13 heteroatoms. The molecule has 11 nitrogen and oxygen atoms in total. The number of nitrogens with zero attached hydrogens (tertiary/aromatic N) is 1. The number of carbonyl (C=O) groups excluding carboxylic acids is 1. The van der Waals surface area contributed by atoms with Crippen LogP contribution in [0.5, 0.6) is 0 Å². The molecule has 0 aliphatic rings. The van der Waals surface area contributed by atoms with Crippen molar-refractivity contribution in [1.29, 1.82) is 0 Å². The van der Waals surface area contributed by atoms with Gasteiger partial charge in [-0.2, -0.15) is 0 Å². The fraction of sp³-hybridized carbons (Fsp3) is 0.235. The molecule has 0 fully saturated rings. The molecule has 1 heterocycles. The van der Waals surface area contributed by atoms with Gasteiger partial charge in [0, 0.05) is 10.2 Å². The number of pyridine rings is 1. The van der Waals surface area contributed by atoms with Crippen molar-refractivity contribution in [2.24, 2.45) is 22.4 Å². The second-order valence-corrected chi connectivity index (χ2v) is 8.87. The van der Waals surface area contributed by atoms with Crippen molar-refractivity contribution in [1.82, 2.24) is 4.98 Å². The van der Waals surface area contributed by atoms with Gasteiger partial charge in [0.15, 0.2) is 0 Å². The third-order valence-electron chi connectivity index (χ3n) is 3.93. The molecule has 1 aromatic heterocycles. The number of nitrogens with one attached hydrogen (secondary N) is 2. The molecule has 2 rings (SSSR count). The highest BCUT2D eigenvalue weighted by Gasteiger charge is 2.26. The molecule has 1 amide bonds. The van der Waals surface area contributed by atoms with Crippen molar-refractivity contribution < 1.29 is 18.0 Å².